The second kappa shape index (κ2) is 5.05. The van der Waals surface area contributed by atoms with Crippen LogP contribution >= 0.6 is 15.9 Å². The highest BCUT2D eigenvalue weighted by molar-refractivity contribution is 9.09. The molecule has 0 rings (SSSR count). The largest absolute Gasteiger partial charge is 0.377 e. The summed E-state index contributed by atoms with van der Waals surface area (Å²) in [5, 5.41) is 11.0. The number of nitrogens with one attached hydrogen (secondary N) is 1. The molecular formula is C4H8BrNO2. The molecule has 0 aliphatic heterocycles. The van der Waals surface area contributed by atoms with E-state index in [2.05, 4.69) is 21.2 Å². The SMILES string of the molecule is O=C(CCBr)NCO. The highest BCUT2D eigenvalue weighted by atomic mass is 79.9. The third-order valence-corrected chi connectivity index (χ3v) is 0.994. The summed E-state index contributed by atoms with van der Waals surface area (Å²) >= 11 is 3.08. The lowest BCUT2D eigenvalue weighted by Crippen LogP contribution is -2.23. The van der Waals surface area contributed by atoms with E-state index in [-0.39, 0.29) is 12.6 Å². The van der Waals surface area contributed by atoms with Crippen LogP contribution in [0.4, 0.5) is 0 Å². The Morgan fingerprint density at radius 3 is 2.75 bits per heavy atom. The van der Waals surface area contributed by atoms with E-state index >= 15 is 0 Å². The number of alkyl halides is 1. The summed E-state index contributed by atoms with van der Waals surface area (Å²) in [7, 11) is 0. The zero-order valence-corrected chi connectivity index (χ0v) is 5.94. The van der Waals surface area contributed by atoms with Gasteiger partial charge in [-0.2, -0.15) is 0 Å². The van der Waals surface area contributed by atoms with Crippen LogP contribution in [-0.4, -0.2) is 23.1 Å². The van der Waals surface area contributed by atoms with E-state index in [1.807, 2.05) is 0 Å². The van der Waals surface area contributed by atoms with Gasteiger partial charge in [-0.15, -0.1) is 0 Å². The van der Waals surface area contributed by atoms with Gasteiger partial charge in [0.25, 0.3) is 0 Å². The quantitative estimate of drug-likeness (QED) is 0.470. The van der Waals surface area contributed by atoms with Crippen molar-refractivity contribution in [3.63, 3.8) is 0 Å². The van der Waals surface area contributed by atoms with Gasteiger partial charge in [-0.3, -0.25) is 4.79 Å². The lowest BCUT2D eigenvalue weighted by atomic mass is 10.5. The molecular weight excluding hydrogens is 174 g/mol. The van der Waals surface area contributed by atoms with E-state index in [4.69, 9.17) is 5.11 Å². The molecule has 0 fully saturated rings. The zero-order valence-electron chi connectivity index (χ0n) is 4.35. The Morgan fingerprint density at radius 1 is 1.75 bits per heavy atom. The van der Waals surface area contributed by atoms with Crippen LogP contribution in [0.15, 0.2) is 0 Å². The minimum absolute atomic E-state index is 0.135. The van der Waals surface area contributed by atoms with Crippen molar-refractivity contribution in [1.82, 2.24) is 5.32 Å². The van der Waals surface area contributed by atoms with Gasteiger partial charge in [0.15, 0.2) is 0 Å². The molecule has 0 heterocycles. The lowest BCUT2D eigenvalue weighted by molar-refractivity contribution is -0.121. The summed E-state index contributed by atoms with van der Waals surface area (Å²) in [6.07, 6.45) is 0.417. The highest BCUT2D eigenvalue weighted by Gasteiger charge is 1.94. The first-order valence-electron chi connectivity index (χ1n) is 2.24. The first-order chi connectivity index (χ1) is 3.81. The summed E-state index contributed by atoms with van der Waals surface area (Å²) in [5.41, 5.74) is 0. The normalized spacial score (nSPS) is 8.75. The van der Waals surface area contributed by atoms with Crippen LogP contribution in [0.1, 0.15) is 6.42 Å². The number of hydrogen-bond acceptors (Lipinski definition) is 2. The van der Waals surface area contributed by atoms with Crippen molar-refractivity contribution in [2.45, 2.75) is 6.42 Å². The summed E-state index contributed by atoms with van der Waals surface area (Å²) in [4.78, 5) is 10.3. The number of aliphatic hydroxyl groups is 1. The summed E-state index contributed by atoms with van der Waals surface area (Å²) in [6, 6.07) is 0. The number of halogens is 1. The zero-order chi connectivity index (χ0) is 6.41. The maximum Gasteiger partial charge on any atom is 0.222 e. The Labute approximate surface area is 56.2 Å². The van der Waals surface area contributed by atoms with Crippen LogP contribution in [0.25, 0.3) is 0 Å². The fraction of sp³-hybridized carbons (Fsp3) is 0.750. The molecule has 0 aromatic rings. The highest BCUT2D eigenvalue weighted by Crippen LogP contribution is 1.85. The van der Waals surface area contributed by atoms with E-state index in [1.165, 1.54) is 0 Å². The number of hydrogen-bond donors (Lipinski definition) is 2. The second-order valence-corrected chi connectivity index (χ2v) is 1.99. The van der Waals surface area contributed by atoms with Crippen molar-refractivity contribution in [2.24, 2.45) is 0 Å². The minimum Gasteiger partial charge on any atom is -0.377 e. The van der Waals surface area contributed by atoms with E-state index in [0.29, 0.717) is 11.8 Å². The first-order valence-corrected chi connectivity index (χ1v) is 3.37. The third-order valence-electron chi connectivity index (χ3n) is 0.598. The van der Waals surface area contributed by atoms with E-state index in [9.17, 15) is 4.79 Å². The standard InChI is InChI=1S/C4H8BrNO2/c5-2-1-4(8)6-3-7/h7H,1-3H2,(H,6,8). The van der Waals surface area contributed by atoms with Crippen molar-refractivity contribution < 1.29 is 9.90 Å². The van der Waals surface area contributed by atoms with Gasteiger partial charge in [-0.05, 0) is 0 Å². The van der Waals surface area contributed by atoms with Crippen LogP contribution < -0.4 is 5.32 Å². The molecule has 8 heavy (non-hydrogen) atoms. The first kappa shape index (κ1) is 7.91. The fourth-order valence-electron chi connectivity index (χ4n) is 0.262. The van der Waals surface area contributed by atoms with Crippen molar-refractivity contribution in [3.05, 3.63) is 0 Å². The predicted molar refractivity (Wildman–Crippen MR) is 33.6 cm³/mol. The topological polar surface area (TPSA) is 49.3 Å². The summed E-state index contributed by atoms with van der Waals surface area (Å²) in [6.45, 7) is -0.272. The van der Waals surface area contributed by atoms with Crippen LogP contribution in [0.5, 0.6) is 0 Å². The molecule has 0 spiro atoms. The minimum atomic E-state index is -0.272. The maximum absolute atomic E-state index is 10.3. The summed E-state index contributed by atoms with van der Waals surface area (Å²) < 4.78 is 0. The molecule has 0 aliphatic carbocycles. The van der Waals surface area contributed by atoms with Crippen LogP contribution in [0.3, 0.4) is 0 Å². The van der Waals surface area contributed by atoms with Gasteiger partial charge in [-0.1, -0.05) is 15.9 Å². The molecule has 48 valence electrons. The number of rotatable bonds is 3. The van der Waals surface area contributed by atoms with Crippen LogP contribution in [-0.2, 0) is 4.79 Å². The smallest absolute Gasteiger partial charge is 0.222 e. The molecule has 0 atom stereocenters. The average Bonchev–Trinajstić information content (AvgIpc) is 1.68. The molecule has 1 amide bonds. The van der Waals surface area contributed by atoms with Gasteiger partial charge >= 0.3 is 0 Å². The molecule has 0 bridgehead atoms. The maximum atomic E-state index is 10.3. The van der Waals surface area contributed by atoms with Gasteiger partial charge in [0.1, 0.15) is 6.73 Å². The predicted octanol–water partition coefficient (Wildman–Crippen LogP) is -0.163. The molecule has 4 heteroatoms. The Hall–Kier alpha value is -0.0900. The monoisotopic (exact) mass is 181 g/mol. The Balaban J connectivity index is 3.06. The fourth-order valence-corrected chi connectivity index (χ4v) is 0.623. The van der Waals surface area contributed by atoms with Crippen molar-refractivity contribution >= 4 is 21.8 Å². The van der Waals surface area contributed by atoms with Crippen LogP contribution in [0.2, 0.25) is 0 Å². The molecule has 0 saturated carbocycles. The van der Waals surface area contributed by atoms with Crippen molar-refractivity contribution in [2.75, 3.05) is 12.1 Å². The van der Waals surface area contributed by atoms with Gasteiger partial charge in [0, 0.05) is 11.8 Å². The number of carbonyl (C=O) groups is 1. The van der Waals surface area contributed by atoms with Gasteiger partial charge in [-0.25, -0.2) is 0 Å². The van der Waals surface area contributed by atoms with Crippen molar-refractivity contribution in [1.29, 1.82) is 0 Å². The number of aliphatic hydroxyl groups excluding tert-OH is 1. The molecule has 0 radical (unpaired) electrons. The Kier molecular flexibility index (Phi) is 5.00. The molecule has 0 aromatic carbocycles. The molecule has 0 aliphatic rings. The van der Waals surface area contributed by atoms with Crippen molar-refractivity contribution in [3.8, 4) is 0 Å². The van der Waals surface area contributed by atoms with Crippen LogP contribution in [0, 0.1) is 0 Å². The van der Waals surface area contributed by atoms with E-state index < -0.39 is 0 Å². The van der Waals surface area contributed by atoms with E-state index in [0.717, 1.165) is 0 Å². The molecule has 3 nitrogen and oxygen atoms in total. The molecule has 0 aromatic heterocycles. The molecule has 0 saturated heterocycles. The second-order valence-electron chi connectivity index (χ2n) is 1.20. The van der Waals surface area contributed by atoms with Gasteiger partial charge in [0.2, 0.25) is 5.91 Å². The number of carbonyl (C=O) groups excluding carboxylic acids is 1. The van der Waals surface area contributed by atoms with Gasteiger partial charge < -0.3 is 10.4 Å². The average molecular weight is 182 g/mol. The molecule has 0 unspecified atom stereocenters. The lowest BCUT2D eigenvalue weighted by Gasteiger charge is -1.95. The Morgan fingerprint density at radius 2 is 2.38 bits per heavy atom. The summed E-state index contributed by atoms with van der Waals surface area (Å²) in [5.74, 6) is -0.135. The Bertz CT molecular complexity index is 68.4. The van der Waals surface area contributed by atoms with Gasteiger partial charge in [0.05, 0.1) is 0 Å². The number of amides is 1. The van der Waals surface area contributed by atoms with E-state index in [1.54, 1.807) is 0 Å². The third kappa shape index (κ3) is 4.08. The molecule has 2 N–H and O–H groups in total.